The third kappa shape index (κ3) is 6.61. The van der Waals surface area contributed by atoms with Gasteiger partial charge in [0.25, 0.3) is 0 Å². The smallest absolute Gasteiger partial charge is 0.329 e. The summed E-state index contributed by atoms with van der Waals surface area (Å²) < 4.78 is 10.5. The zero-order valence-electron chi connectivity index (χ0n) is 14.9. The Balaban J connectivity index is 2.47. The second-order valence-electron chi connectivity index (χ2n) is 6.61. The fraction of sp³-hybridized carbons (Fsp3) is 0.632. The van der Waals surface area contributed by atoms with E-state index in [0.717, 1.165) is 5.75 Å². The molecular weight excluding hydrogens is 292 g/mol. The molecule has 4 nitrogen and oxygen atoms in total. The summed E-state index contributed by atoms with van der Waals surface area (Å²) in [6.07, 6.45) is 0. The number of carboxylic acid groups (broad SMARTS) is 1. The van der Waals surface area contributed by atoms with Gasteiger partial charge in [0.15, 0.2) is 0 Å². The molecule has 0 aliphatic carbocycles. The first-order chi connectivity index (χ1) is 10.8. The van der Waals surface area contributed by atoms with E-state index < -0.39 is 5.97 Å². The molecule has 1 aromatic rings. The molecule has 0 heterocycles. The van der Waals surface area contributed by atoms with Crippen LogP contribution in [0.3, 0.4) is 0 Å². The van der Waals surface area contributed by atoms with Crippen LogP contribution in [0.25, 0.3) is 0 Å². The summed E-state index contributed by atoms with van der Waals surface area (Å²) in [6.45, 7) is 11.8. The molecule has 1 N–H and O–H groups in total. The van der Waals surface area contributed by atoms with E-state index in [0.29, 0.717) is 30.3 Å². The predicted octanol–water partition coefficient (Wildman–Crippen LogP) is 4.20. The fourth-order valence-corrected chi connectivity index (χ4v) is 2.61. The van der Waals surface area contributed by atoms with Gasteiger partial charge in [-0.1, -0.05) is 46.8 Å². The molecule has 0 aliphatic heterocycles. The summed E-state index contributed by atoms with van der Waals surface area (Å²) in [5.41, 5.74) is 1.32. The second kappa shape index (κ2) is 9.56. The Labute approximate surface area is 139 Å². The SMILES string of the molecule is CC(C)C(C)C(C)C(C)c1ccc(OCCOCC(=O)O)cc1. The van der Waals surface area contributed by atoms with Crippen molar-refractivity contribution in [3.8, 4) is 5.75 Å². The van der Waals surface area contributed by atoms with Crippen LogP contribution in [0, 0.1) is 17.8 Å². The minimum absolute atomic E-state index is 0.271. The fourth-order valence-electron chi connectivity index (χ4n) is 2.61. The normalized spacial score (nSPS) is 15.2. The van der Waals surface area contributed by atoms with Gasteiger partial charge in [0, 0.05) is 0 Å². The molecular formula is C19H30O4. The summed E-state index contributed by atoms with van der Waals surface area (Å²) in [5, 5.41) is 8.46. The molecule has 23 heavy (non-hydrogen) atoms. The van der Waals surface area contributed by atoms with E-state index in [1.807, 2.05) is 12.1 Å². The lowest BCUT2D eigenvalue weighted by atomic mass is 9.76. The molecule has 1 aromatic carbocycles. The van der Waals surface area contributed by atoms with Crippen molar-refractivity contribution in [3.63, 3.8) is 0 Å². The van der Waals surface area contributed by atoms with Crippen LogP contribution < -0.4 is 4.74 Å². The summed E-state index contributed by atoms with van der Waals surface area (Å²) in [6, 6.07) is 8.16. The van der Waals surface area contributed by atoms with Gasteiger partial charge in [-0.15, -0.1) is 0 Å². The number of carboxylic acids is 1. The molecule has 0 radical (unpaired) electrons. The zero-order valence-corrected chi connectivity index (χ0v) is 14.9. The van der Waals surface area contributed by atoms with Crippen molar-refractivity contribution < 1.29 is 19.4 Å². The van der Waals surface area contributed by atoms with Crippen molar-refractivity contribution >= 4 is 5.97 Å². The number of benzene rings is 1. The van der Waals surface area contributed by atoms with Gasteiger partial charge in [0.05, 0.1) is 6.61 Å². The Kier molecular flexibility index (Phi) is 8.10. The summed E-state index contributed by atoms with van der Waals surface area (Å²) in [7, 11) is 0. The van der Waals surface area contributed by atoms with E-state index in [9.17, 15) is 4.79 Å². The van der Waals surface area contributed by atoms with Crippen molar-refractivity contribution in [1.82, 2.24) is 0 Å². The number of hydrogen-bond donors (Lipinski definition) is 1. The number of rotatable bonds is 10. The number of carbonyl (C=O) groups is 1. The number of hydrogen-bond acceptors (Lipinski definition) is 3. The Morgan fingerprint density at radius 1 is 1.00 bits per heavy atom. The standard InChI is InChI=1S/C19H30O4/c1-13(2)14(3)15(4)16(5)17-6-8-18(9-7-17)23-11-10-22-12-19(20)21/h6-9,13-16H,10-12H2,1-5H3,(H,20,21). The quantitative estimate of drug-likeness (QED) is 0.656. The highest BCUT2D eigenvalue weighted by atomic mass is 16.5. The topological polar surface area (TPSA) is 55.8 Å². The van der Waals surface area contributed by atoms with Gasteiger partial charge < -0.3 is 14.6 Å². The van der Waals surface area contributed by atoms with Gasteiger partial charge in [-0.05, 0) is 41.4 Å². The van der Waals surface area contributed by atoms with Gasteiger partial charge in [-0.3, -0.25) is 0 Å². The largest absolute Gasteiger partial charge is 0.491 e. The second-order valence-corrected chi connectivity index (χ2v) is 6.61. The van der Waals surface area contributed by atoms with Crippen molar-refractivity contribution in [2.45, 2.75) is 40.5 Å². The van der Waals surface area contributed by atoms with E-state index in [4.69, 9.17) is 14.6 Å². The molecule has 0 fully saturated rings. The van der Waals surface area contributed by atoms with Crippen molar-refractivity contribution in [2.24, 2.45) is 17.8 Å². The summed E-state index contributed by atoms with van der Waals surface area (Å²) in [4.78, 5) is 10.3. The van der Waals surface area contributed by atoms with Crippen molar-refractivity contribution in [2.75, 3.05) is 19.8 Å². The Morgan fingerprint density at radius 3 is 2.13 bits per heavy atom. The van der Waals surface area contributed by atoms with E-state index in [2.05, 4.69) is 46.8 Å². The van der Waals surface area contributed by atoms with E-state index in [1.54, 1.807) is 0 Å². The molecule has 3 unspecified atom stereocenters. The highest BCUT2D eigenvalue weighted by Crippen LogP contribution is 2.33. The van der Waals surface area contributed by atoms with E-state index >= 15 is 0 Å². The van der Waals surface area contributed by atoms with Crippen LogP contribution in [0.5, 0.6) is 5.75 Å². The van der Waals surface area contributed by atoms with Crippen molar-refractivity contribution in [1.29, 1.82) is 0 Å². The third-order valence-corrected chi connectivity index (χ3v) is 4.80. The van der Waals surface area contributed by atoms with Gasteiger partial charge >= 0.3 is 5.97 Å². The minimum Gasteiger partial charge on any atom is -0.491 e. The van der Waals surface area contributed by atoms with Gasteiger partial charge in [-0.2, -0.15) is 0 Å². The maximum Gasteiger partial charge on any atom is 0.329 e. The lowest BCUT2D eigenvalue weighted by Crippen LogP contribution is -2.19. The summed E-state index contributed by atoms with van der Waals surface area (Å²) >= 11 is 0. The Bertz CT molecular complexity index is 467. The highest BCUT2D eigenvalue weighted by molar-refractivity contribution is 5.67. The van der Waals surface area contributed by atoms with Gasteiger partial charge in [0.2, 0.25) is 0 Å². The van der Waals surface area contributed by atoms with E-state index in [-0.39, 0.29) is 13.2 Å². The predicted molar refractivity (Wildman–Crippen MR) is 92.0 cm³/mol. The van der Waals surface area contributed by atoms with Crippen LogP contribution in [0.1, 0.15) is 46.1 Å². The maximum atomic E-state index is 10.3. The van der Waals surface area contributed by atoms with Crippen LogP contribution >= 0.6 is 0 Å². The molecule has 4 heteroatoms. The zero-order chi connectivity index (χ0) is 17.4. The lowest BCUT2D eigenvalue weighted by Gasteiger charge is -2.29. The monoisotopic (exact) mass is 322 g/mol. The van der Waals surface area contributed by atoms with Crippen molar-refractivity contribution in [3.05, 3.63) is 29.8 Å². The Morgan fingerprint density at radius 2 is 1.61 bits per heavy atom. The average molecular weight is 322 g/mol. The average Bonchev–Trinajstić information content (AvgIpc) is 2.52. The van der Waals surface area contributed by atoms with Gasteiger partial charge in [0.1, 0.15) is 19.0 Å². The third-order valence-electron chi connectivity index (χ3n) is 4.80. The minimum atomic E-state index is -0.965. The molecule has 0 bridgehead atoms. The molecule has 0 amide bonds. The molecule has 3 atom stereocenters. The Hall–Kier alpha value is -1.55. The molecule has 1 rings (SSSR count). The molecule has 0 aliphatic rings. The molecule has 0 saturated carbocycles. The highest BCUT2D eigenvalue weighted by Gasteiger charge is 2.22. The summed E-state index contributed by atoms with van der Waals surface area (Å²) in [5.74, 6) is 2.29. The van der Waals surface area contributed by atoms with Gasteiger partial charge in [-0.25, -0.2) is 4.79 Å². The number of aliphatic carboxylic acids is 1. The maximum absolute atomic E-state index is 10.3. The molecule has 0 spiro atoms. The number of ether oxygens (including phenoxy) is 2. The molecule has 130 valence electrons. The first-order valence-electron chi connectivity index (χ1n) is 8.35. The van der Waals surface area contributed by atoms with Crippen LogP contribution in [-0.2, 0) is 9.53 Å². The lowest BCUT2D eigenvalue weighted by molar-refractivity contribution is -0.142. The first-order valence-corrected chi connectivity index (χ1v) is 8.35. The molecule has 0 saturated heterocycles. The van der Waals surface area contributed by atoms with Crippen LogP contribution in [-0.4, -0.2) is 30.9 Å². The molecule has 0 aromatic heterocycles. The van der Waals surface area contributed by atoms with E-state index in [1.165, 1.54) is 5.56 Å². The first kappa shape index (κ1) is 19.5. The van der Waals surface area contributed by atoms with Crippen LogP contribution in [0.4, 0.5) is 0 Å². The van der Waals surface area contributed by atoms with Crippen LogP contribution in [0.2, 0.25) is 0 Å². The van der Waals surface area contributed by atoms with Crippen LogP contribution in [0.15, 0.2) is 24.3 Å².